The van der Waals surface area contributed by atoms with Crippen LogP contribution in [-0.4, -0.2) is 24.7 Å². The predicted octanol–water partition coefficient (Wildman–Crippen LogP) is 1.41. The highest BCUT2D eigenvalue weighted by Crippen LogP contribution is 2.42. The summed E-state index contributed by atoms with van der Waals surface area (Å²) in [4.78, 5) is 16.0. The molecule has 3 aliphatic rings. The Hall–Kier alpha value is -2.20. The van der Waals surface area contributed by atoms with Crippen LogP contribution in [-0.2, 0) is 0 Å². The van der Waals surface area contributed by atoms with Gasteiger partial charge in [-0.3, -0.25) is 4.79 Å². The molecule has 0 radical (unpaired) electrons. The van der Waals surface area contributed by atoms with E-state index < -0.39 is 5.91 Å². The van der Waals surface area contributed by atoms with Crippen LogP contribution >= 0.6 is 0 Å². The van der Waals surface area contributed by atoms with E-state index in [0.29, 0.717) is 11.5 Å². The van der Waals surface area contributed by atoms with Gasteiger partial charge in [0, 0.05) is 35.7 Å². The Morgan fingerprint density at radius 3 is 3.16 bits per heavy atom. The third kappa shape index (κ3) is 1.43. The van der Waals surface area contributed by atoms with Crippen molar-refractivity contribution in [1.82, 2.24) is 5.32 Å². The van der Waals surface area contributed by atoms with E-state index in [2.05, 4.69) is 22.5 Å². The van der Waals surface area contributed by atoms with E-state index in [9.17, 15) is 4.79 Å². The quantitative estimate of drug-likeness (QED) is 0.792. The molecule has 19 heavy (non-hydrogen) atoms. The first kappa shape index (κ1) is 10.7. The third-order valence-electron chi connectivity index (χ3n) is 3.98. The Kier molecular flexibility index (Phi) is 2.05. The van der Waals surface area contributed by atoms with Crippen molar-refractivity contribution in [2.24, 2.45) is 16.6 Å². The number of amides is 1. The molecule has 4 nitrogen and oxygen atoms in total. The molecule has 1 unspecified atom stereocenters. The molecular formula is C15H13N3O. The Labute approximate surface area is 110 Å². The van der Waals surface area contributed by atoms with Crippen molar-refractivity contribution in [1.29, 1.82) is 0 Å². The molecule has 1 aromatic rings. The van der Waals surface area contributed by atoms with E-state index in [1.165, 1.54) is 11.1 Å². The molecule has 4 heteroatoms. The minimum atomic E-state index is -0.394. The van der Waals surface area contributed by atoms with Crippen LogP contribution < -0.4 is 11.1 Å². The fourth-order valence-corrected chi connectivity index (χ4v) is 3.05. The van der Waals surface area contributed by atoms with Gasteiger partial charge in [-0.05, 0) is 29.8 Å². The van der Waals surface area contributed by atoms with E-state index in [1.54, 1.807) is 6.07 Å². The van der Waals surface area contributed by atoms with Crippen LogP contribution in [0.5, 0.6) is 0 Å². The van der Waals surface area contributed by atoms with Crippen LogP contribution in [0.25, 0.3) is 5.57 Å². The number of primary amides is 1. The van der Waals surface area contributed by atoms with Gasteiger partial charge < -0.3 is 11.1 Å². The van der Waals surface area contributed by atoms with Gasteiger partial charge >= 0.3 is 0 Å². The summed E-state index contributed by atoms with van der Waals surface area (Å²) in [6.45, 7) is 1.87. The zero-order chi connectivity index (χ0) is 13.0. The van der Waals surface area contributed by atoms with Crippen LogP contribution in [0.4, 0.5) is 5.69 Å². The van der Waals surface area contributed by atoms with Crippen molar-refractivity contribution in [2.75, 3.05) is 13.1 Å². The van der Waals surface area contributed by atoms with Gasteiger partial charge in [-0.25, -0.2) is 4.99 Å². The highest BCUT2D eigenvalue weighted by Gasteiger charge is 2.31. The Morgan fingerprint density at radius 2 is 2.32 bits per heavy atom. The largest absolute Gasteiger partial charge is 0.366 e. The van der Waals surface area contributed by atoms with Crippen LogP contribution in [0.15, 0.2) is 40.9 Å². The minimum absolute atomic E-state index is 0.394. The highest BCUT2D eigenvalue weighted by atomic mass is 16.1. The van der Waals surface area contributed by atoms with Crippen molar-refractivity contribution < 1.29 is 4.79 Å². The summed E-state index contributed by atoms with van der Waals surface area (Å²) in [7, 11) is 0. The highest BCUT2D eigenvalue weighted by molar-refractivity contribution is 6.35. The number of benzene rings is 1. The topological polar surface area (TPSA) is 67.5 Å². The van der Waals surface area contributed by atoms with Gasteiger partial charge in [-0.15, -0.1) is 0 Å². The van der Waals surface area contributed by atoms with Crippen LogP contribution in [0.3, 0.4) is 0 Å². The second-order valence-corrected chi connectivity index (χ2v) is 5.09. The van der Waals surface area contributed by atoms with Gasteiger partial charge in [-0.1, -0.05) is 6.08 Å². The lowest BCUT2D eigenvalue weighted by atomic mass is 9.86. The fourth-order valence-electron chi connectivity index (χ4n) is 3.05. The summed E-state index contributed by atoms with van der Waals surface area (Å²) in [5, 5.41) is 3.39. The molecule has 2 heterocycles. The van der Waals surface area contributed by atoms with Gasteiger partial charge in [-0.2, -0.15) is 0 Å². The maximum Gasteiger partial charge on any atom is 0.248 e. The van der Waals surface area contributed by atoms with E-state index in [-0.39, 0.29) is 0 Å². The number of aliphatic imine (C=N–C) groups is 1. The molecule has 2 aliphatic heterocycles. The Bertz CT molecular complexity index is 697. The lowest BCUT2D eigenvalue weighted by Crippen LogP contribution is -2.12. The number of nitrogens with one attached hydrogen (secondary N) is 1. The Balaban J connectivity index is 1.94. The number of rotatable bonds is 1. The number of allylic oxidation sites excluding steroid dienone is 2. The average Bonchev–Trinajstić information content (AvgIpc) is 3.00. The molecular weight excluding hydrogens is 238 g/mol. The van der Waals surface area contributed by atoms with Gasteiger partial charge in [0.15, 0.2) is 0 Å². The van der Waals surface area contributed by atoms with E-state index >= 15 is 0 Å². The zero-order valence-corrected chi connectivity index (χ0v) is 10.3. The standard InChI is InChI=1S/C15H13N3O/c16-15(19)8-1-3-12-10(5-8)14-11-7-17-6-9(11)2-4-13(14)18-12/h1-5,9,17H,6-7H2,(H2,16,19). The summed E-state index contributed by atoms with van der Waals surface area (Å²) in [5.41, 5.74) is 11.5. The third-order valence-corrected chi connectivity index (χ3v) is 3.98. The molecule has 4 rings (SSSR count). The number of carbonyl (C=O) groups excluding carboxylic acids is 1. The van der Waals surface area contributed by atoms with Gasteiger partial charge in [0.1, 0.15) is 0 Å². The summed E-state index contributed by atoms with van der Waals surface area (Å²) in [6, 6.07) is 5.48. The van der Waals surface area contributed by atoms with Crippen molar-refractivity contribution in [3.05, 3.63) is 47.1 Å². The SMILES string of the molecule is NC(=O)c1ccc2c(c1)C1=C3CNCC3C=CC1=N2. The number of hydrogen-bond donors (Lipinski definition) is 2. The Morgan fingerprint density at radius 1 is 1.42 bits per heavy atom. The molecule has 0 saturated carbocycles. The number of nitrogens with zero attached hydrogens (tertiary/aromatic N) is 1. The molecule has 0 bridgehead atoms. The van der Waals surface area contributed by atoms with Crippen LogP contribution in [0, 0.1) is 5.92 Å². The first-order valence-electron chi connectivity index (χ1n) is 6.39. The molecule has 0 aromatic heterocycles. The van der Waals surface area contributed by atoms with Crippen molar-refractivity contribution in [3.8, 4) is 0 Å². The first-order valence-corrected chi connectivity index (χ1v) is 6.39. The van der Waals surface area contributed by atoms with Crippen molar-refractivity contribution in [2.45, 2.75) is 0 Å². The second-order valence-electron chi connectivity index (χ2n) is 5.09. The lowest BCUT2D eigenvalue weighted by molar-refractivity contribution is 0.100. The van der Waals surface area contributed by atoms with E-state index in [0.717, 1.165) is 30.1 Å². The lowest BCUT2D eigenvalue weighted by Gasteiger charge is -2.16. The summed E-state index contributed by atoms with van der Waals surface area (Å²) in [5.74, 6) is 0.0615. The number of carbonyl (C=O) groups is 1. The fraction of sp³-hybridized carbons (Fsp3) is 0.200. The molecule has 1 saturated heterocycles. The maximum absolute atomic E-state index is 11.3. The molecule has 0 spiro atoms. The van der Waals surface area contributed by atoms with Gasteiger partial charge in [0.25, 0.3) is 0 Å². The maximum atomic E-state index is 11.3. The predicted molar refractivity (Wildman–Crippen MR) is 74.5 cm³/mol. The van der Waals surface area contributed by atoms with E-state index in [1.807, 2.05) is 12.1 Å². The smallest absolute Gasteiger partial charge is 0.248 e. The number of nitrogens with two attached hydrogens (primary N) is 1. The normalized spacial score (nSPS) is 22.9. The first-order chi connectivity index (χ1) is 9.24. The van der Waals surface area contributed by atoms with E-state index in [4.69, 9.17) is 5.73 Å². The molecule has 1 atom stereocenters. The molecule has 1 aromatic carbocycles. The van der Waals surface area contributed by atoms with Crippen molar-refractivity contribution >= 4 is 22.9 Å². The van der Waals surface area contributed by atoms with Gasteiger partial charge in [0.2, 0.25) is 5.91 Å². The van der Waals surface area contributed by atoms with Gasteiger partial charge in [0.05, 0.1) is 11.4 Å². The van der Waals surface area contributed by atoms with Crippen LogP contribution in [0.2, 0.25) is 0 Å². The van der Waals surface area contributed by atoms with Crippen LogP contribution in [0.1, 0.15) is 15.9 Å². The number of hydrogen-bond acceptors (Lipinski definition) is 3. The monoisotopic (exact) mass is 251 g/mol. The molecule has 1 aliphatic carbocycles. The summed E-state index contributed by atoms with van der Waals surface area (Å²) < 4.78 is 0. The molecule has 1 fully saturated rings. The molecule has 3 N–H and O–H groups in total. The number of fused-ring (bicyclic) bond motifs is 4. The van der Waals surface area contributed by atoms with Crippen molar-refractivity contribution in [3.63, 3.8) is 0 Å². The zero-order valence-electron chi connectivity index (χ0n) is 10.3. The molecule has 94 valence electrons. The minimum Gasteiger partial charge on any atom is -0.366 e. The molecule has 1 amide bonds. The second kappa shape index (κ2) is 3.65. The summed E-state index contributed by atoms with van der Waals surface area (Å²) in [6.07, 6.45) is 4.29. The average molecular weight is 251 g/mol. The summed E-state index contributed by atoms with van der Waals surface area (Å²) >= 11 is 0.